The molecule has 0 fully saturated rings. The van der Waals surface area contributed by atoms with Gasteiger partial charge < -0.3 is 10.1 Å². The first-order valence-corrected chi connectivity index (χ1v) is 5.44. The van der Waals surface area contributed by atoms with Crippen molar-refractivity contribution in [3.8, 4) is 0 Å². The highest BCUT2D eigenvalue weighted by Crippen LogP contribution is 2.17. The molecule has 0 spiro atoms. The summed E-state index contributed by atoms with van der Waals surface area (Å²) in [6.07, 6.45) is -3.96. The highest BCUT2D eigenvalue weighted by molar-refractivity contribution is 7.10. The second-order valence-electron chi connectivity index (χ2n) is 3.02. The van der Waals surface area contributed by atoms with Crippen molar-refractivity contribution in [2.45, 2.75) is 6.18 Å². The largest absolute Gasteiger partial charge is 0.471 e. The maximum Gasteiger partial charge on any atom is 0.471 e. The monoisotopic (exact) mass is 279 g/mol. The quantitative estimate of drug-likeness (QED) is 0.679. The van der Waals surface area contributed by atoms with Crippen molar-refractivity contribution in [3.63, 3.8) is 0 Å². The summed E-state index contributed by atoms with van der Waals surface area (Å²) >= 11 is 1.20. The van der Waals surface area contributed by atoms with Crippen LogP contribution in [0, 0.1) is 0 Å². The van der Waals surface area contributed by atoms with Crippen LogP contribution in [0.5, 0.6) is 0 Å². The first kappa shape index (κ1) is 14.2. The van der Waals surface area contributed by atoms with Crippen LogP contribution in [0.1, 0.15) is 4.88 Å². The molecule has 1 rings (SSSR count). The molecule has 4 nitrogen and oxygen atoms in total. The van der Waals surface area contributed by atoms with Crippen molar-refractivity contribution in [2.75, 3.05) is 7.11 Å². The van der Waals surface area contributed by atoms with Crippen LogP contribution in [0.25, 0.3) is 6.08 Å². The van der Waals surface area contributed by atoms with Crippen LogP contribution in [0.4, 0.5) is 13.2 Å². The van der Waals surface area contributed by atoms with Gasteiger partial charge in [-0.1, -0.05) is 6.07 Å². The fraction of sp³-hybridized carbons (Fsp3) is 0.200. The number of alkyl halides is 3. The predicted molar refractivity (Wildman–Crippen MR) is 58.5 cm³/mol. The van der Waals surface area contributed by atoms with Gasteiger partial charge in [-0.15, -0.1) is 11.3 Å². The molecule has 0 atom stereocenters. The van der Waals surface area contributed by atoms with Crippen molar-refractivity contribution in [1.29, 1.82) is 0 Å². The number of carbonyl (C=O) groups is 2. The standard InChI is InChI=1S/C10H8F3NO3S/c1-17-8(15)7(5-6-3-2-4-18-6)14-9(16)10(11,12)13/h2-5H,1H3,(H,14,16)/b7-5-. The van der Waals surface area contributed by atoms with E-state index in [1.54, 1.807) is 17.5 Å². The Labute approximate surface area is 104 Å². The van der Waals surface area contributed by atoms with Gasteiger partial charge in [-0.2, -0.15) is 13.2 Å². The number of carbonyl (C=O) groups excluding carboxylic acids is 2. The van der Waals surface area contributed by atoms with E-state index in [1.807, 2.05) is 0 Å². The molecule has 1 aromatic heterocycles. The number of hydrogen-bond donors (Lipinski definition) is 1. The lowest BCUT2D eigenvalue weighted by Crippen LogP contribution is -2.38. The topological polar surface area (TPSA) is 55.4 Å². The Morgan fingerprint density at radius 1 is 1.44 bits per heavy atom. The molecule has 0 radical (unpaired) electrons. The molecule has 1 N–H and O–H groups in total. The lowest BCUT2D eigenvalue weighted by molar-refractivity contribution is -0.173. The number of esters is 1. The van der Waals surface area contributed by atoms with Crippen LogP contribution < -0.4 is 5.32 Å². The van der Waals surface area contributed by atoms with Gasteiger partial charge in [0.1, 0.15) is 5.70 Å². The first-order chi connectivity index (χ1) is 8.34. The number of hydrogen-bond acceptors (Lipinski definition) is 4. The molecule has 0 aliphatic heterocycles. The molecule has 0 aliphatic carbocycles. The van der Waals surface area contributed by atoms with Gasteiger partial charge in [0, 0.05) is 4.88 Å². The van der Waals surface area contributed by atoms with Crippen molar-refractivity contribution < 1.29 is 27.5 Å². The molecule has 0 aromatic carbocycles. The lowest BCUT2D eigenvalue weighted by Gasteiger charge is -2.09. The van der Waals surface area contributed by atoms with Crippen LogP contribution in [-0.2, 0) is 14.3 Å². The van der Waals surface area contributed by atoms with E-state index in [0.717, 1.165) is 13.2 Å². The smallest absolute Gasteiger partial charge is 0.464 e. The molecule has 0 unspecified atom stereocenters. The van der Waals surface area contributed by atoms with Crippen LogP contribution in [0.2, 0.25) is 0 Å². The summed E-state index contributed by atoms with van der Waals surface area (Å²) in [4.78, 5) is 22.5. The SMILES string of the molecule is COC(=O)/C(=C/c1cccs1)NC(=O)C(F)(F)F. The van der Waals surface area contributed by atoms with Crippen molar-refractivity contribution in [2.24, 2.45) is 0 Å². The van der Waals surface area contributed by atoms with Gasteiger partial charge in [-0.3, -0.25) is 4.79 Å². The van der Waals surface area contributed by atoms with Gasteiger partial charge in [-0.25, -0.2) is 4.79 Å². The number of halogens is 3. The van der Waals surface area contributed by atoms with Crippen LogP contribution in [-0.4, -0.2) is 25.2 Å². The Morgan fingerprint density at radius 3 is 2.56 bits per heavy atom. The van der Waals surface area contributed by atoms with E-state index in [4.69, 9.17) is 0 Å². The zero-order valence-corrected chi connectivity index (χ0v) is 9.89. The summed E-state index contributed by atoms with van der Waals surface area (Å²) in [6, 6.07) is 3.23. The Balaban J connectivity index is 2.94. The molecule has 1 heterocycles. The lowest BCUT2D eigenvalue weighted by atomic mass is 10.3. The van der Waals surface area contributed by atoms with Crippen molar-refractivity contribution in [1.82, 2.24) is 5.32 Å². The van der Waals surface area contributed by atoms with Crippen LogP contribution in [0.15, 0.2) is 23.2 Å². The molecular formula is C10H8F3NO3S. The van der Waals surface area contributed by atoms with E-state index in [-0.39, 0.29) is 0 Å². The minimum absolute atomic E-state index is 0.512. The fourth-order valence-electron chi connectivity index (χ4n) is 0.965. The van der Waals surface area contributed by atoms with Gasteiger partial charge in [0.05, 0.1) is 7.11 Å². The molecule has 98 valence electrons. The maximum atomic E-state index is 12.1. The third-order valence-electron chi connectivity index (χ3n) is 1.74. The Kier molecular flexibility index (Phi) is 4.49. The third kappa shape index (κ3) is 3.88. The zero-order valence-electron chi connectivity index (χ0n) is 9.08. The van der Waals surface area contributed by atoms with E-state index in [1.165, 1.54) is 16.7 Å². The summed E-state index contributed by atoms with van der Waals surface area (Å²) in [5.41, 5.74) is -0.567. The Hall–Kier alpha value is -1.83. The number of amides is 1. The van der Waals surface area contributed by atoms with Crippen molar-refractivity contribution in [3.05, 3.63) is 28.1 Å². The van der Waals surface area contributed by atoms with Gasteiger partial charge in [0.15, 0.2) is 0 Å². The predicted octanol–water partition coefficient (Wildman–Crippen LogP) is 1.94. The Bertz CT molecular complexity index is 465. The minimum atomic E-state index is -5.07. The molecule has 8 heteroatoms. The number of methoxy groups -OCH3 is 1. The van der Waals surface area contributed by atoms with Crippen molar-refractivity contribution >= 4 is 29.3 Å². The molecule has 0 saturated heterocycles. The summed E-state index contributed by atoms with van der Waals surface area (Å²) in [6.45, 7) is 0. The van der Waals surface area contributed by atoms with E-state index < -0.39 is 23.7 Å². The molecule has 0 bridgehead atoms. The summed E-state index contributed by atoms with van der Waals surface area (Å²) in [5.74, 6) is -3.28. The second-order valence-corrected chi connectivity index (χ2v) is 4.00. The molecule has 0 saturated carbocycles. The number of nitrogens with one attached hydrogen (secondary N) is 1. The third-order valence-corrected chi connectivity index (χ3v) is 2.56. The highest BCUT2D eigenvalue weighted by Gasteiger charge is 2.39. The molecule has 18 heavy (non-hydrogen) atoms. The maximum absolute atomic E-state index is 12.1. The number of ether oxygens (including phenoxy) is 1. The second kappa shape index (κ2) is 5.67. The fourth-order valence-corrected chi connectivity index (χ4v) is 1.62. The summed E-state index contributed by atoms with van der Waals surface area (Å²) in [7, 11) is 1.00. The van der Waals surface area contributed by atoms with Gasteiger partial charge in [0.25, 0.3) is 0 Å². The highest BCUT2D eigenvalue weighted by atomic mass is 32.1. The molecule has 1 amide bonds. The number of rotatable bonds is 3. The van der Waals surface area contributed by atoms with Crippen LogP contribution in [0.3, 0.4) is 0 Å². The van der Waals surface area contributed by atoms with Gasteiger partial charge in [-0.05, 0) is 17.5 Å². The van der Waals surface area contributed by atoms with E-state index >= 15 is 0 Å². The van der Waals surface area contributed by atoms with Gasteiger partial charge >= 0.3 is 18.1 Å². The Morgan fingerprint density at radius 2 is 2.11 bits per heavy atom. The van der Waals surface area contributed by atoms with E-state index in [0.29, 0.717) is 4.88 Å². The van der Waals surface area contributed by atoms with Crippen LogP contribution >= 0.6 is 11.3 Å². The average molecular weight is 279 g/mol. The number of thiophene rings is 1. The molecule has 1 aromatic rings. The average Bonchev–Trinajstić information content (AvgIpc) is 2.78. The minimum Gasteiger partial charge on any atom is -0.464 e. The molecular weight excluding hydrogens is 271 g/mol. The normalized spacial score (nSPS) is 12.1. The first-order valence-electron chi connectivity index (χ1n) is 4.56. The van der Waals surface area contributed by atoms with E-state index in [9.17, 15) is 22.8 Å². The zero-order chi connectivity index (χ0) is 13.8. The van der Waals surface area contributed by atoms with Gasteiger partial charge in [0.2, 0.25) is 0 Å². The van der Waals surface area contributed by atoms with E-state index in [2.05, 4.69) is 4.74 Å². The summed E-state index contributed by atoms with van der Waals surface area (Å²) in [5, 5.41) is 3.15. The molecule has 0 aliphatic rings. The summed E-state index contributed by atoms with van der Waals surface area (Å²) < 4.78 is 40.5.